The molecule has 1 N–H and O–H groups in total. The van der Waals surface area contributed by atoms with Crippen LogP contribution in [0, 0.1) is 0 Å². The van der Waals surface area contributed by atoms with Gasteiger partial charge in [-0.25, -0.2) is 21.1 Å². The first-order chi connectivity index (χ1) is 14.6. The first kappa shape index (κ1) is 22.3. The van der Waals surface area contributed by atoms with Crippen molar-refractivity contribution in [2.75, 3.05) is 52.6 Å². The summed E-state index contributed by atoms with van der Waals surface area (Å²) in [5, 5.41) is 4.04. The Hall–Kier alpha value is -1.86. The Morgan fingerprint density at radius 3 is 2.16 bits per heavy atom. The van der Waals surface area contributed by atoms with Crippen LogP contribution in [0.4, 0.5) is 0 Å². The standard InChI is InChI=1S/C19H27N5O5S2/c1-22-11-13-24(14-12-22)31(27,28)17-5-3-15(4-6-17)18-20-19(29-21-18)16-7-9-23(10-8-16)30(2,25)26/h3-6,16H,7-14H2,1-2H3/p+1. The van der Waals surface area contributed by atoms with E-state index in [1.807, 2.05) is 0 Å². The van der Waals surface area contributed by atoms with Crippen molar-refractivity contribution < 1.29 is 26.3 Å². The summed E-state index contributed by atoms with van der Waals surface area (Å²) >= 11 is 0. The van der Waals surface area contributed by atoms with Crippen LogP contribution in [-0.4, -0.2) is 88.2 Å². The van der Waals surface area contributed by atoms with E-state index in [0.717, 1.165) is 13.1 Å². The van der Waals surface area contributed by atoms with Crippen LogP contribution in [0.3, 0.4) is 0 Å². The molecule has 2 saturated heterocycles. The second kappa shape index (κ2) is 8.58. The van der Waals surface area contributed by atoms with E-state index < -0.39 is 20.0 Å². The summed E-state index contributed by atoms with van der Waals surface area (Å²) in [4.78, 5) is 6.06. The number of benzene rings is 1. The van der Waals surface area contributed by atoms with Crippen LogP contribution in [0.15, 0.2) is 33.7 Å². The lowest BCUT2D eigenvalue weighted by molar-refractivity contribution is -0.883. The molecule has 1 aromatic carbocycles. The number of hydrogen-bond donors (Lipinski definition) is 1. The van der Waals surface area contributed by atoms with E-state index in [9.17, 15) is 16.8 Å². The van der Waals surface area contributed by atoms with Gasteiger partial charge < -0.3 is 9.42 Å². The molecule has 2 aliphatic heterocycles. The molecule has 0 atom stereocenters. The van der Waals surface area contributed by atoms with Crippen LogP contribution in [-0.2, 0) is 20.0 Å². The first-order valence-corrected chi connectivity index (χ1v) is 13.6. The van der Waals surface area contributed by atoms with Crippen molar-refractivity contribution in [3.63, 3.8) is 0 Å². The van der Waals surface area contributed by atoms with Crippen LogP contribution in [0.25, 0.3) is 11.4 Å². The molecule has 10 nitrogen and oxygen atoms in total. The number of piperazine rings is 1. The van der Waals surface area contributed by atoms with Crippen molar-refractivity contribution in [1.29, 1.82) is 0 Å². The molecule has 0 saturated carbocycles. The van der Waals surface area contributed by atoms with Crippen molar-refractivity contribution in [1.82, 2.24) is 18.8 Å². The lowest BCUT2D eigenvalue weighted by Crippen LogP contribution is -3.12. The summed E-state index contributed by atoms with van der Waals surface area (Å²) < 4.78 is 57.5. The Morgan fingerprint density at radius 2 is 1.58 bits per heavy atom. The molecule has 2 aromatic rings. The molecule has 2 aliphatic rings. The fourth-order valence-corrected chi connectivity index (χ4v) is 6.30. The van der Waals surface area contributed by atoms with Gasteiger partial charge in [-0.3, -0.25) is 0 Å². The van der Waals surface area contributed by atoms with E-state index in [1.54, 1.807) is 24.3 Å². The number of sulfonamides is 2. The first-order valence-electron chi connectivity index (χ1n) is 10.4. The van der Waals surface area contributed by atoms with Gasteiger partial charge in [0.25, 0.3) is 0 Å². The number of nitrogens with one attached hydrogen (secondary N) is 1. The normalized spacial score (nSPS) is 20.8. The molecule has 0 spiro atoms. The minimum Gasteiger partial charge on any atom is -0.339 e. The zero-order chi connectivity index (χ0) is 22.2. The molecule has 4 rings (SSSR count). The average molecular weight is 471 g/mol. The maximum Gasteiger partial charge on any atom is 0.243 e. The Balaban J connectivity index is 1.44. The molecule has 12 heteroatoms. The minimum atomic E-state index is -3.51. The number of hydrogen-bond acceptors (Lipinski definition) is 7. The van der Waals surface area contributed by atoms with E-state index in [1.165, 1.54) is 19.8 Å². The molecule has 0 aliphatic carbocycles. The molecular weight excluding hydrogens is 442 g/mol. The smallest absolute Gasteiger partial charge is 0.243 e. The fraction of sp³-hybridized carbons (Fsp3) is 0.579. The van der Waals surface area contributed by atoms with Gasteiger partial charge in [0.2, 0.25) is 31.8 Å². The molecule has 0 radical (unpaired) electrons. The largest absolute Gasteiger partial charge is 0.339 e. The monoisotopic (exact) mass is 470 g/mol. The highest BCUT2D eigenvalue weighted by atomic mass is 32.2. The molecule has 2 fully saturated rings. The Bertz CT molecular complexity index is 1110. The summed E-state index contributed by atoms with van der Waals surface area (Å²) in [7, 11) is -4.63. The third-order valence-electron chi connectivity index (χ3n) is 6.04. The van der Waals surface area contributed by atoms with Crippen molar-refractivity contribution in [3.05, 3.63) is 30.2 Å². The highest BCUT2D eigenvalue weighted by Gasteiger charge is 2.30. The van der Waals surface area contributed by atoms with Crippen LogP contribution in [0.2, 0.25) is 0 Å². The van der Waals surface area contributed by atoms with Gasteiger partial charge in [-0.15, -0.1) is 0 Å². The van der Waals surface area contributed by atoms with Gasteiger partial charge in [0.05, 0.1) is 44.4 Å². The zero-order valence-electron chi connectivity index (χ0n) is 17.7. The van der Waals surface area contributed by atoms with Gasteiger partial charge in [0.1, 0.15) is 0 Å². The van der Waals surface area contributed by atoms with Gasteiger partial charge in [-0.05, 0) is 37.1 Å². The van der Waals surface area contributed by atoms with Gasteiger partial charge in [0.15, 0.2) is 0 Å². The zero-order valence-corrected chi connectivity index (χ0v) is 19.3. The van der Waals surface area contributed by atoms with E-state index in [0.29, 0.717) is 56.3 Å². The van der Waals surface area contributed by atoms with Crippen LogP contribution in [0.5, 0.6) is 0 Å². The van der Waals surface area contributed by atoms with Gasteiger partial charge >= 0.3 is 0 Å². The SMILES string of the molecule is C[NH+]1CCN(S(=O)(=O)c2ccc(-c3noc(C4CCN(S(C)(=O)=O)CC4)n3)cc2)CC1. The minimum absolute atomic E-state index is 0.0123. The average Bonchev–Trinajstić information content (AvgIpc) is 3.24. The van der Waals surface area contributed by atoms with Crippen molar-refractivity contribution in [2.45, 2.75) is 23.7 Å². The highest BCUT2D eigenvalue weighted by Crippen LogP contribution is 2.29. The van der Waals surface area contributed by atoms with Gasteiger partial charge in [-0.2, -0.15) is 9.29 Å². The lowest BCUT2D eigenvalue weighted by atomic mass is 9.98. The topological polar surface area (TPSA) is 118 Å². The summed E-state index contributed by atoms with van der Waals surface area (Å²) in [5.41, 5.74) is 0.672. The Labute approximate surface area is 182 Å². The van der Waals surface area contributed by atoms with Gasteiger partial charge in [0, 0.05) is 24.6 Å². The third-order valence-corrected chi connectivity index (χ3v) is 9.26. The van der Waals surface area contributed by atoms with Crippen molar-refractivity contribution in [3.8, 4) is 11.4 Å². The molecule has 3 heterocycles. The Kier molecular flexibility index (Phi) is 6.19. The Morgan fingerprint density at radius 1 is 0.968 bits per heavy atom. The molecule has 0 bridgehead atoms. The number of rotatable bonds is 5. The predicted molar refractivity (Wildman–Crippen MR) is 114 cm³/mol. The van der Waals surface area contributed by atoms with Crippen molar-refractivity contribution in [2.24, 2.45) is 0 Å². The second-order valence-corrected chi connectivity index (χ2v) is 12.2. The summed E-state index contributed by atoms with van der Waals surface area (Å²) in [5.74, 6) is 0.894. The molecule has 0 unspecified atom stereocenters. The van der Waals surface area contributed by atoms with E-state index in [-0.39, 0.29) is 10.8 Å². The van der Waals surface area contributed by atoms with Crippen LogP contribution < -0.4 is 4.90 Å². The summed E-state index contributed by atoms with van der Waals surface area (Å²) in [6, 6.07) is 6.54. The number of nitrogens with zero attached hydrogens (tertiary/aromatic N) is 4. The molecule has 0 amide bonds. The summed E-state index contributed by atoms with van der Waals surface area (Å²) in [6.45, 7) is 3.49. The summed E-state index contributed by atoms with van der Waals surface area (Å²) in [6.07, 6.45) is 2.46. The number of quaternary nitrogens is 1. The highest BCUT2D eigenvalue weighted by molar-refractivity contribution is 7.89. The fourth-order valence-electron chi connectivity index (χ4n) is 3.99. The predicted octanol–water partition coefficient (Wildman–Crippen LogP) is -0.605. The number of likely N-dealkylation sites (N-methyl/N-ethyl adjacent to an activating group) is 1. The lowest BCUT2D eigenvalue weighted by Gasteiger charge is -2.29. The second-order valence-electron chi connectivity index (χ2n) is 8.28. The van der Waals surface area contributed by atoms with E-state index in [2.05, 4.69) is 17.2 Å². The van der Waals surface area contributed by atoms with Crippen molar-refractivity contribution >= 4 is 20.0 Å². The molecular formula is C19H28N5O5S2+. The van der Waals surface area contributed by atoms with E-state index in [4.69, 9.17) is 4.52 Å². The number of aromatic nitrogens is 2. The maximum atomic E-state index is 12.9. The molecule has 1 aromatic heterocycles. The molecule has 31 heavy (non-hydrogen) atoms. The van der Waals surface area contributed by atoms with E-state index >= 15 is 0 Å². The third kappa shape index (κ3) is 4.82. The quantitative estimate of drug-likeness (QED) is 0.620. The maximum absolute atomic E-state index is 12.9. The number of piperidine rings is 1. The molecule has 170 valence electrons. The van der Waals surface area contributed by atoms with Crippen LogP contribution in [0.1, 0.15) is 24.7 Å². The van der Waals surface area contributed by atoms with Crippen LogP contribution >= 0.6 is 0 Å². The van der Waals surface area contributed by atoms with Gasteiger partial charge in [-0.1, -0.05) is 5.16 Å².